The van der Waals surface area contributed by atoms with Gasteiger partial charge in [-0.2, -0.15) is 5.10 Å². The largest absolute Gasteiger partial charge is 0.354 e. The fourth-order valence-electron chi connectivity index (χ4n) is 2.92. The minimum Gasteiger partial charge on any atom is -0.354 e. The average Bonchev–Trinajstić information content (AvgIpc) is 2.87. The molecule has 3 rings (SSSR count). The number of aromatic nitrogens is 4. The zero-order valence-electron chi connectivity index (χ0n) is 13.3. The maximum Gasteiger partial charge on any atom is 0.222 e. The number of hydrogen-bond donors (Lipinski definition) is 1. The highest BCUT2D eigenvalue weighted by Gasteiger charge is 2.23. The predicted molar refractivity (Wildman–Crippen MR) is 86.4 cm³/mol. The molecule has 0 spiro atoms. The van der Waals surface area contributed by atoms with Crippen LogP contribution in [0, 0.1) is 5.92 Å². The van der Waals surface area contributed by atoms with Gasteiger partial charge in [0, 0.05) is 50.8 Å². The van der Waals surface area contributed by atoms with Crippen molar-refractivity contribution in [1.29, 1.82) is 0 Å². The Labute approximate surface area is 131 Å². The molecule has 6 heteroatoms. The molecule has 1 aliphatic rings. The van der Waals surface area contributed by atoms with Crippen LogP contribution in [-0.2, 0) is 13.1 Å². The molecule has 6 nitrogen and oxygen atoms in total. The van der Waals surface area contributed by atoms with Crippen molar-refractivity contribution in [3.63, 3.8) is 0 Å². The van der Waals surface area contributed by atoms with Gasteiger partial charge in [0.05, 0.1) is 5.69 Å². The van der Waals surface area contributed by atoms with Crippen LogP contribution in [-0.4, -0.2) is 43.8 Å². The normalized spacial score (nSPS) is 19.0. The lowest BCUT2D eigenvalue weighted by Crippen LogP contribution is -2.34. The van der Waals surface area contributed by atoms with Crippen molar-refractivity contribution in [1.82, 2.24) is 24.6 Å². The van der Waals surface area contributed by atoms with Crippen molar-refractivity contribution < 1.29 is 0 Å². The molecule has 0 radical (unpaired) electrons. The van der Waals surface area contributed by atoms with Gasteiger partial charge in [-0.15, -0.1) is 0 Å². The molecule has 2 aromatic rings. The van der Waals surface area contributed by atoms with Crippen molar-refractivity contribution >= 4 is 5.95 Å². The zero-order valence-corrected chi connectivity index (χ0v) is 13.3. The summed E-state index contributed by atoms with van der Waals surface area (Å²) in [7, 11) is 0. The minimum absolute atomic E-state index is 0.550. The van der Waals surface area contributed by atoms with Crippen LogP contribution in [0.4, 0.5) is 5.95 Å². The van der Waals surface area contributed by atoms with Crippen molar-refractivity contribution in [2.24, 2.45) is 5.92 Å². The number of hydrogen-bond acceptors (Lipinski definition) is 5. The molecular formula is C16H24N6. The highest BCUT2D eigenvalue weighted by molar-refractivity contribution is 5.21. The molecule has 3 heterocycles. The first-order chi connectivity index (χ1) is 10.7. The van der Waals surface area contributed by atoms with E-state index in [2.05, 4.69) is 49.9 Å². The monoisotopic (exact) mass is 300 g/mol. The molecule has 118 valence electrons. The molecule has 0 saturated heterocycles. The molecule has 22 heavy (non-hydrogen) atoms. The first-order valence-corrected chi connectivity index (χ1v) is 7.98. The van der Waals surface area contributed by atoms with Crippen LogP contribution in [0.5, 0.6) is 0 Å². The number of fused-ring (bicyclic) bond motifs is 1. The molecule has 0 saturated carbocycles. The maximum absolute atomic E-state index is 4.47. The minimum atomic E-state index is 0.550. The van der Waals surface area contributed by atoms with Crippen LogP contribution in [0.15, 0.2) is 30.7 Å². The molecule has 0 amide bonds. The first-order valence-electron chi connectivity index (χ1n) is 7.98. The van der Waals surface area contributed by atoms with Crippen molar-refractivity contribution in [3.05, 3.63) is 36.4 Å². The molecular weight excluding hydrogens is 276 g/mol. The fourth-order valence-corrected chi connectivity index (χ4v) is 2.92. The zero-order chi connectivity index (χ0) is 15.4. The van der Waals surface area contributed by atoms with E-state index in [9.17, 15) is 0 Å². The summed E-state index contributed by atoms with van der Waals surface area (Å²) in [5, 5.41) is 7.78. The molecule has 0 bridgehead atoms. The summed E-state index contributed by atoms with van der Waals surface area (Å²) in [4.78, 5) is 10.9. The molecule has 0 fully saturated rings. The Hall–Kier alpha value is -1.95. The van der Waals surface area contributed by atoms with Gasteiger partial charge in [0.25, 0.3) is 0 Å². The van der Waals surface area contributed by atoms with Crippen LogP contribution in [0.2, 0.25) is 0 Å². The van der Waals surface area contributed by atoms with Crippen LogP contribution in [0.1, 0.15) is 26.0 Å². The lowest BCUT2D eigenvalue weighted by atomic mass is 10.0. The third kappa shape index (κ3) is 3.62. The topological polar surface area (TPSA) is 58.9 Å². The second-order valence-electron chi connectivity index (χ2n) is 6.18. The number of nitrogens with zero attached hydrogens (tertiary/aromatic N) is 5. The molecule has 0 aliphatic carbocycles. The second-order valence-corrected chi connectivity index (χ2v) is 6.18. The summed E-state index contributed by atoms with van der Waals surface area (Å²) in [5.41, 5.74) is 1.32. The number of rotatable bonds is 5. The van der Waals surface area contributed by atoms with Crippen LogP contribution >= 0.6 is 0 Å². The maximum atomic E-state index is 4.47. The summed E-state index contributed by atoms with van der Waals surface area (Å²) in [6.45, 7) is 8.50. The Balaban J connectivity index is 1.60. The van der Waals surface area contributed by atoms with Crippen LogP contribution < -0.4 is 5.32 Å². The molecule has 1 atom stereocenters. The van der Waals surface area contributed by atoms with Gasteiger partial charge in [-0.25, -0.2) is 9.97 Å². The second kappa shape index (κ2) is 6.87. The highest BCUT2D eigenvalue weighted by Crippen LogP contribution is 2.20. The van der Waals surface area contributed by atoms with Gasteiger partial charge < -0.3 is 5.32 Å². The van der Waals surface area contributed by atoms with E-state index in [-0.39, 0.29) is 0 Å². The average molecular weight is 300 g/mol. The lowest BCUT2D eigenvalue weighted by Gasteiger charge is -2.27. The summed E-state index contributed by atoms with van der Waals surface area (Å²) >= 11 is 0. The van der Waals surface area contributed by atoms with E-state index in [1.54, 1.807) is 12.4 Å². The quantitative estimate of drug-likeness (QED) is 0.915. The Morgan fingerprint density at radius 2 is 2.05 bits per heavy atom. The molecule has 1 unspecified atom stereocenters. The summed E-state index contributed by atoms with van der Waals surface area (Å²) in [6, 6.07) is 4.51. The van der Waals surface area contributed by atoms with Gasteiger partial charge in [0.2, 0.25) is 5.95 Å². The van der Waals surface area contributed by atoms with Crippen molar-refractivity contribution in [2.45, 2.75) is 39.4 Å². The van der Waals surface area contributed by atoms with E-state index in [4.69, 9.17) is 0 Å². The standard InChI is InChI=1S/C16H24N6/c1-13(2)21-10-14(11-22-15(12-21)5-9-20-22)4-8-19-16-17-6-3-7-18-16/h3,5-7,9,13-14H,4,8,10-12H2,1-2H3,(H,17,18,19). The summed E-state index contributed by atoms with van der Waals surface area (Å²) < 4.78 is 2.16. The van der Waals surface area contributed by atoms with Crippen molar-refractivity contribution in [3.8, 4) is 0 Å². The van der Waals surface area contributed by atoms with E-state index in [0.717, 1.165) is 32.6 Å². The van der Waals surface area contributed by atoms with E-state index in [1.165, 1.54) is 5.69 Å². The third-order valence-electron chi connectivity index (χ3n) is 4.23. The Kier molecular flexibility index (Phi) is 4.68. The van der Waals surface area contributed by atoms with Gasteiger partial charge >= 0.3 is 0 Å². The Bertz CT molecular complexity index is 579. The highest BCUT2D eigenvalue weighted by atomic mass is 15.3. The molecule has 0 aromatic carbocycles. The third-order valence-corrected chi connectivity index (χ3v) is 4.23. The van der Waals surface area contributed by atoms with E-state index in [0.29, 0.717) is 17.9 Å². The van der Waals surface area contributed by atoms with Gasteiger partial charge in [-0.05, 0) is 38.3 Å². The van der Waals surface area contributed by atoms with Gasteiger partial charge in [-0.1, -0.05) is 0 Å². The first kappa shape index (κ1) is 15.0. The summed E-state index contributed by atoms with van der Waals surface area (Å²) in [6.07, 6.45) is 6.52. The number of nitrogens with one attached hydrogen (secondary N) is 1. The summed E-state index contributed by atoms with van der Waals surface area (Å²) in [5.74, 6) is 1.29. The van der Waals surface area contributed by atoms with Gasteiger partial charge in [0.1, 0.15) is 0 Å². The van der Waals surface area contributed by atoms with E-state index < -0.39 is 0 Å². The Morgan fingerprint density at radius 3 is 2.82 bits per heavy atom. The smallest absolute Gasteiger partial charge is 0.222 e. The fraction of sp³-hybridized carbons (Fsp3) is 0.562. The molecule has 1 N–H and O–H groups in total. The van der Waals surface area contributed by atoms with Gasteiger partial charge in [-0.3, -0.25) is 9.58 Å². The van der Waals surface area contributed by atoms with Crippen LogP contribution in [0.3, 0.4) is 0 Å². The van der Waals surface area contributed by atoms with Crippen molar-refractivity contribution in [2.75, 3.05) is 18.4 Å². The van der Waals surface area contributed by atoms with Crippen LogP contribution in [0.25, 0.3) is 0 Å². The molecule has 2 aromatic heterocycles. The Morgan fingerprint density at radius 1 is 1.23 bits per heavy atom. The SMILES string of the molecule is CC(C)N1Cc2ccnn2CC(CCNc2ncccn2)C1. The lowest BCUT2D eigenvalue weighted by molar-refractivity contribution is 0.182. The van der Waals surface area contributed by atoms with E-state index in [1.807, 2.05) is 12.3 Å². The predicted octanol–water partition coefficient (Wildman–Crippen LogP) is 2.02. The van der Waals surface area contributed by atoms with E-state index >= 15 is 0 Å². The van der Waals surface area contributed by atoms with Gasteiger partial charge in [0.15, 0.2) is 0 Å². The molecule has 1 aliphatic heterocycles. The number of anilines is 1.